The number of aryl methyl sites for hydroxylation is 2. The summed E-state index contributed by atoms with van der Waals surface area (Å²) < 4.78 is 14.1. The molecule has 29 heavy (non-hydrogen) atoms. The first-order chi connectivity index (χ1) is 14.1. The first kappa shape index (κ1) is 19.2. The number of anilines is 3. The molecule has 0 atom stereocenters. The van der Waals surface area contributed by atoms with Crippen LogP contribution in [0, 0.1) is 19.7 Å². The van der Waals surface area contributed by atoms with E-state index >= 15 is 0 Å². The van der Waals surface area contributed by atoms with E-state index in [9.17, 15) is 4.39 Å². The van der Waals surface area contributed by atoms with Gasteiger partial charge in [0.25, 0.3) is 0 Å². The van der Waals surface area contributed by atoms with Crippen molar-refractivity contribution in [2.75, 3.05) is 41.3 Å². The second-order valence-corrected chi connectivity index (χ2v) is 7.42. The van der Waals surface area contributed by atoms with Gasteiger partial charge in [0.15, 0.2) is 0 Å². The zero-order valence-electron chi connectivity index (χ0n) is 16.9. The third-order valence-electron chi connectivity index (χ3n) is 5.22. The Morgan fingerprint density at radius 2 is 1.59 bits per heavy atom. The van der Waals surface area contributed by atoms with Crippen molar-refractivity contribution >= 4 is 17.3 Å². The summed E-state index contributed by atoms with van der Waals surface area (Å²) >= 11 is 0. The Bertz CT molecular complexity index is 965. The fraction of sp³-hybridized carbons (Fsp3) is 0.304. The van der Waals surface area contributed by atoms with E-state index in [0.29, 0.717) is 5.69 Å². The molecule has 2 aromatic carbocycles. The van der Waals surface area contributed by atoms with E-state index < -0.39 is 0 Å². The molecule has 0 saturated carbocycles. The number of halogens is 1. The van der Waals surface area contributed by atoms with Gasteiger partial charge in [0.1, 0.15) is 23.3 Å². The van der Waals surface area contributed by atoms with Crippen LogP contribution < -0.4 is 15.1 Å². The number of hydrogen-bond acceptors (Lipinski definition) is 5. The molecular formula is C23H26FN5. The van der Waals surface area contributed by atoms with Crippen LogP contribution in [0.15, 0.2) is 54.6 Å². The van der Waals surface area contributed by atoms with E-state index in [-0.39, 0.29) is 5.82 Å². The number of rotatable bonds is 5. The maximum Gasteiger partial charge on any atom is 0.146 e. The van der Waals surface area contributed by atoms with Crippen LogP contribution in [0.4, 0.5) is 21.7 Å². The van der Waals surface area contributed by atoms with E-state index in [1.165, 1.54) is 17.2 Å². The predicted molar refractivity (Wildman–Crippen MR) is 116 cm³/mol. The van der Waals surface area contributed by atoms with Gasteiger partial charge in [-0.15, -0.1) is 0 Å². The van der Waals surface area contributed by atoms with Gasteiger partial charge >= 0.3 is 0 Å². The van der Waals surface area contributed by atoms with Crippen molar-refractivity contribution in [3.8, 4) is 0 Å². The molecule has 0 amide bonds. The third kappa shape index (κ3) is 4.65. The molecule has 0 radical (unpaired) electrons. The van der Waals surface area contributed by atoms with Crippen molar-refractivity contribution in [2.45, 2.75) is 20.4 Å². The van der Waals surface area contributed by atoms with Gasteiger partial charge in [-0.1, -0.05) is 42.0 Å². The summed E-state index contributed by atoms with van der Waals surface area (Å²) in [6.45, 7) is 7.83. The molecule has 150 valence electrons. The lowest BCUT2D eigenvalue weighted by Crippen LogP contribution is -2.47. The van der Waals surface area contributed by atoms with Crippen LogP contribution in [-0.2, 0) is 6.54 Å². The van der Waals surface area contributed by atoms with E-state index in [4.69, 9.17) is 0 Å². The van der Waals surface area contributed by atoms with Crippen molar-refractivity contribution < 1.29 is 4.39 Å². The molecule has 1 aromatic heterocycles. The molecule has 1 N–H and O–H groups in total. The summed E-state index contributed by atoms with van der Waals surface area (Å²) in [5.41, 5.74) is 3.14. The van der Waals surface area contributed by atoms with Crippen LogP contribution in [0.3, 0.4) is 0 Å². The summed E-state index contributed by atoms with van der Waals surface area (Å²) in [6, 6.07) is 17.4. The van der Waals surface area contributed by atoms with Crippen LogP contribution in [0.25, 0.3) is 0 Å². The Balaban J connectivity index is 1.41. The Hall–Kier alpha value is -3.15. The van der Waals surface area contributed by atoms with Crippen LogP contribution >= 0.6 is 0 Å². The van der Waals surface area contributed by atoms with Crippen LogP contribution in [0.2, 0.25) is 0 Å². The highest BCUT2D eigenvalue weighted by Crippen LogP contribution is 2.23. The number of piperazine rings is 1. The largest absolute Gasteiger partial charge is 0.366 e. The van der Waals surface area contributed by atoms with Crippen LogP contribution in [0.5, 0.6) is 0 Å². The highest BCUT2D eigenvalue weighted by atomic mass is 19.1. The molecule has 0 spiro atoms. The van der Waals surface area contributed by atoms with Crippen molar-refractivity contribution in [1.82, 2.24) is 9.97 Å². The Kier molecular flexibility index (Phi) is 5.60. The summed E-state index contributed by atoms with van der Waals surface area (Å²) in [5.74, 6) is 2.31. The topological polar surface area (TPSA) is 44.3 Å². The van der Waals surface area contributed by atoms with Gasteiger partial charge < -0.3 is 15.1 Å². The van der Waals surface area contributed by atoms with E-state index in [1.54, 1.807) is 6.07 Å². The zero-order valence-corrected chi connectivity index (χ0v) is 16.9. The molecule has 1 aliphatic heterocycles. The molecule has 5 nitrogen and oxygen atoms in total. The summed E-state index contributed by atoms with van der Waals surface area (Å²) in [5, 5.41) is 3.41. The summed E-state index contributed by atoms with van der Waals surface area (Å²) in [6.07, 6.45) is 0. The molecular weight excluding hydrogens is 365 g/mol. The SMILES string of the molecule is Cc1ccc(CNc2cc(N3CCN(c4ccccc4F)CC3)nc(C)n2)cc1. The fourth-order valence-corrected chi connectivity index (χ4v) is 3.59. The van der Waals surface area contributed by atoms with Gasteiger partial charge in [-0.3, -0.25) is 0 Å². The molecule has 4 rings (SSSR count). The Morgan fingerprint density at radius 3 is 2.31 bits per heavy atom. The molecule has 0 aliphatic carbocycles. The highest BCUT2D eigenvalue weighted by molar-refractivity contribution is 5.53. The van der Waals surface area contributed by atoms with E-state index in [2.05, 4.69) is 56.3 Å². The minimum Gasteiger partial charge on any atom is -0.366 e. The molecule has 1 aliphatic rings. The van der Waals surface area contributed by atoms with Crippen molar-refractivity contribution in [1.29, 1.82) is 0 Å². The third-order valence-corrected chi connectivity index (χ3v) is 5.22. The van der Waals surface area contributed by atoms with Gasteiger partial charge in [0.05, 0.1) is 5.69 Å². The van der Waals surface area contributed by atoms with E-state index in [1.807, 2.05) is 25.1 Å². The van der Waals surface area contributed by atoms with Crippen molar-refractivity contribution in [2.24, 2.45) is 0 Å². The van der Waals surface area contributed by atoms with Gasteiger partial charge in [-0.25, -0.2) is 14.4 Å². The molecule has 1 saturated heterocycles. The van der Waals surface area contributed by atoms with Crippen LogP contribution in [-0.4, -0.2) is 36.1 Å². The number of para-hydroxylation sites is 1. The van der Waals surface area contributed by atoms with Crippen LogP contribution in [0.1, 0.15) is 17.0 Å². The number of aromatic nitrogens is 2. The fourth-order valence-electron chi connectivity index (χ4n) is 3.59. The lowest BCUT2D eigenvalue weighted by Gasteiger charge is -2.37. The number of nitrogens with zero attached hydrogens (tertiary/aromatic N) is 4. The quantitative estimate of drug-likeness (QED) is 0.707. The van der Waals surface area contributed by atoms with E-state index in [0.717, 1.165) is 50.2 Å². The molecule has 6 heteroatoms. The monoisotopic (exact) mass is 391 g/mol. The van der Waals surface area contributed by atoms with Gasteiger partial charge in [0.2, 0.25) is 0 Å². The summed E-state index contributed by atoms with van der Waals surface area (Å²) in [4.78, 5) is 13.5. The maximum absolute atomic E-state index is 14.1. The minimum absolute atomic E-state index is 0.165. The second kappa shape index (κ2) is 8.47. The molecule has 1 fully saturated rings. The van der Waals surface area contributed by atoms with Gasteiger partial charge in [0, 0.05) is 38.8 Å². The van der Waals surface area contributed by atoms with Gasteiger partial charge in [-0.2, -0.15) is 0 Å². The average Bonchev–Trinajstić information content (AvgIpc) is 2.73. The van der Waals surface area contributed by atoms with Crippen molar-refractivity contribution in [3.05, 3.63) is 77.4 Å². The number of nitrogens with one attached hydrogen (secondary N) is 1. The zero-order chi connectivity index (χ0) is 20.2. The Morgan fingerprint density at radius 1 is 0.897 bits per heavy atom. The lowest BCUT2D eigenvalue weighted by atomic mass is 10.1. The normalized spacial score (nSPS) is 14.2. The Labute approximate surface area is 171 Å². The first-order valence-corrected chi connectivity index (χ1v) is 9.98. The maximum atomic E-state index is 14.1. The molecule has 0 bridgehead atoms. The number of hydrogen-bond donors (Lipinski definition) is 1. The lowest BCUT2D eigenvalue weighted by molar-refractivity contribution is 0.596. The molecule has 3 aromatic rings. The first-order valence-electron chi connectivity index (χ1n) is 9.98. The van der Waals surface area contributed by atoms with Crippen molar-refractivity contribution in [3.63, 3.8) is 0 Å². The minimum atomic E-state index is -0.165. The average molecular weight is 391 g/mol. The van der Waals surface area contributed by atoms with Gasteiger partial charge in [-0.05, 0) is 31.5 Å². The smallest absolute Gasteiger partial charge is 0.146 e. The highest BCUT2D eigenvalue weighted by Gasteiger charge is 2.21. The standard InChI is InChI=1S/C23H26FN5/c1-17-7-9-19(10-8-17)16-25-22-15-23(27-18(2)26-22)29-13-11-28(12-14-29)21-6-4-3-5-20(21)24/h3-10,15H,11-14,16H2,1-2H3,(H,25,26,27). The molecule has 2 heterocycles. The summed E-state index contributed by atoms with van der Waals surface area (Å²) in [7, 11) is 0. The number of benzene rings is 2. The predicted octanol–water partition coefficient (Wildman–Crippen LogP) is 4.17. The second-order valence-electron chi connectivity index (χ2n) is 7.42. The molecule has 0 unspecified atom stereocenters.